The first-order valence-electron chi connectivity index (χ1n) is 9.36. The van der Waals surface area contributed by atoms with Gasteiger partial charge >= 0.3 is 17.5 Å². The number of nitrogens with one attached hydrogen (secondary N) is 1. The number of hydrogen-bond acceptors (Lipinski definition) is 8. The Labute approximate surface area is 167 Å². The second kappa shape index (κ2) is 9.63. The Morgan fingerprint density at radius 1 is 1.24 bits per heavy atom. The van der Waals surface area contributed by atoms with Crippen LogP contribution in [0.2, 0.25) is 0 Å². The first kappa shape index (κ1) is 20.2. The van der Waals surface area contributed by atoms with Crippen LogP contribution in [0, 0.1) is 10.1 Å². The van der Waals surface area contributed by atoms with Gasteiger partial charge in [-0.15, -0.1) is 0 Å². The molecule has 0 aliphatic heterocycles. The average molecular weight is 398 g/mol. The molecule has 0 atom stereocenters. The van der Waals surface area contributed by atoms with E-state index in [4.69, 9.17) is 4.74 Å². The third-order valence-corrected chi connectivity index (χ3v) is 4.58. The van der Waals surface area contributed by atoms with Crippen LogP contribution in [0.4, 0.5) is 11.5 Å². The fraction of sp³-hybridized carbons (Fsp3) is 0.350. The summed E-state index contributed by atoms with van der Waals surface area (Å²) in [4.78, 5) is 30.5. The van der Waals surface area contributed by atoms with E-state index in [2.05, 4.69) is 26.1 Å². The predicted molar refractivity (Wildman–Crippen MR) is 106 cm³/mol. The maximum atomic E-state index is 11.6. The molecular formula is C20H22N4O5. The van der Waals surface area contributed by atoms with E-state index < -0.39 is 10.9 Å². The summed E-state index contributed by atoms with van der Waals surface area (Å²) in [5, 5.41) is 14.6. The van der Waals surface area contributed by atoms with E-state index in [-0.39, 0.29) is 17.4 Å². The van der Waals surface area contributed by atoms with Gasteiger partial charge < -0.3 is 14.8 Å². The smallest absolute Gasteiger partial charge is 0.373 e. The fourth-order valence-corrected chi connectivity index (χ4v) is 3.09. The van der Waals surface area contributed by atoms with Crippen LogP contribution >= 0.6 is 0 Å². The molecule has 0 saturated heterocycles. The number of aromatic nitrogens is 2. The molecule has 0 fully saturated rings. The van der Waals surface area contributed by atoms with Crippen molar-refractivity contribution >= 4 is 17.5 Å². The number of anilines is 1. The lowest BCUT2D eigenvalue weighted by atomic mass is 9.97. The van der Waals surface area contributed by atoms with E-state index >= 15 is 0 Å². The zero-order valence-corrected chi connectivity index (χ0v) is 16.1. The van der Waals surface area contributed by atoms with Crippen molar-refractivity contribution in [2.45, 2.75) is 32.1 Å². The van der Waals surface area contributed by atoms with E-state index in [9.17, 15) is 14.9 Å². The summed E-state index contributed by atoms with van der Waals surface area (Å²) >= 11 is 0. The molecular weight excluding hydrogens is 376 g/mol. The molecule has 0 amide bonds. The van der Waals surface area contributed by atoms with Gasteiger partial charge in [-0.25, -0.2) is 9.78 Å². The highest BCUT2D eigenvalue weighted by Crippen LogP contribution is 2.34. The van der Waals surface area contributed by atoms with Crippen LogP contribution in [-0.2, 0) is 4.74 Å². The van der Waals surface area contributed by atoms with E-state index in [1.54, 1.807) is 0 Å². The van der Waals surface area contributed by atoms with Gasteiger partial charge in [-0.05, 0) is 56.4 Å². The van der Waals surface area contributed by atoms with Crippen molar-refractivity contribution in [2.24, 2.45) is 0 Å². The maximum absolute atomic E-state index is 11.6. The molecule has 0 bridgehead atoms. The number of ether oxygens (including phenoxy) is 2. The monoisotopic (exact) mass is 398 g/mol. The summed E-state index contributed by atoms with van der Waals surface area (Å²) in [6.45, 7) is 0.539. The molecule has 9 nitrogen and oxygen atoms in total. The summed E-state index contributed by atoms with van der Waals surface area (Å²) in [5.41, 5.74) is 1.38. The van der Waals surface area contributed by atoms with Gasteiger partial charge in [0.15, 0.2) is 0 Å². The van der Waals surface area contributed by atoms with E-state index in [1.807, 2.05) is 0 Å². The third-order valence-electron chi connectivity index (χ3n) is 4.58. The highest BCUT2D eigenvalue weighted by Gasteiger charge is 2.25. The van der Waals surface area contributed by atoms with Crippen LogP contribution in [0.5, 0.6) is 11.6 Å². The summed E-state index contributed by atoms with van der Waals surface area (Å²) in [5.74, 6) is -0.236. The normalized spacial score (nSPS) is 13.3. The Morgan fingerprint density at radius 2 is 2.03 bits per heavy atom. The van der Waals surface area contributed by atoms with Gasteiger partial charge in [-0.3, -0.25) is 10.1 Å². The van der Waals surface area contributed by atoms with Crippen LogP contribution in [0.3, 0.4) is 0 Å². The SMILES string of the molecule is COC(=O)c1ccc(Oc2ncnc(NCCC3=CCCCC3)c2[N+](=O)[O-])cc1. The van der Waals surface area contributed by atoms with Crippen LogP contribution in [0.15, 0.2) is 42.2 Å². The Hall–Kier alpha value is -3.49. The molecule has 2 aromatic rings. The van der Waals surface area contributed by atoms with Crippen molar-refractivity contribution in [2.75, 3.05) is 19.0 Å². The Bertz CT molecular complexity index is 912. The molecule has 0 unspecified atom stereocenters. The second-order valence-corrected chi connectivity index (χ2v) is 6.54. The number of carbonyl (C=O) groups is 1. The largest absolute Gasteiger partial charge is 0.465 e. The summed E-state index contributed by atoms with van der Waals surface area (Å²) < 4.78 is 10.2. The lowest BCUT2D eigenvalue weighted by molar-refractivity contribution is -0.385. The van der Waals surface area contributed by atoms with Crippen molar-refractivity contribution in [3.8, 4) is 11.6 Å². The van der Waals surface area contributed by atoms with Crippen LogP contribution in [0.25, 0.3) is 0 Å². The molecule has 1 aromatic carbocycles. The highest BCUT2D eigenvalue weighted by molar-refractivity contribution is 5.89. The Balaban J connectivity index is 1.73. The molecule has 1 aromatic heterocycles. The molecule has 1 N–H and O–H groups in total. The number of methoxy groups -OCH3 is 1. The fourth-order valence-electron chi connectivity index (χ4n) is 3.09. The minimum atomic E-state index is -0.569. The van der Waals surface area contributed by atoms with Gasteiger partial charge in [0, 0.05) is 6.54 Å². The number of benzene rings is 1. The minimum Gasteiger partial charge on any atom is -0.465 e. The lowest BCUT2D eigenvalue weighted by Gasteiger charge is -2.13. The van der Waals surface area contributed by atoms with Crippen LogP contribution < -0.4 is 10.1 Å². The first-order chi connectivity index (χ1) is 14.1. The van der Waals surface area contributed by atoms with E-state index in [1.165, 1.54) is 56.1 Å². The van der Waals surface area contributed by atoms with Gasteiger partial charge in [-0.1, -0.05) is 11.6 Å². The van der Waals surface area contributed by atoms with Gasteiger partial charge in [0.1, 0.15) is 12.1 Å². The molecule has 1 heterocycles. The number of esters is 1. The summed E-state index contributed by atoms with van der Waals surface area (Å²) in [7, 11) is 1.29. The Kier molecular flexibility index (Phi) is 6.72. The molecule has 152 valence electrons. The standard InChI is InChI=1S/C20H22N4O5/c1-28-20(25)15-7-9-16(10-8-15)29-19-17(24(26)27)18(22-13-23-19)21-12-11-14-5-3-2-4-6-14/h5,7-10,13H,2-4,6,11-12H2,1H3,(H,21,22,23). The molecule has 0 radical (unpaired) electrons. The molecule has 9 heteroatoms. The molecule has 1 aliphatic carbocycles. The van der Waals surface area contributed by atoms with E-state index in [0.29, 0.717) is 17.9 Å². The molecule has 29 heavy (non-hydrogen) atoms. The number of rotatable bonds is 8. The van der Waals surface area contributed by atoms with Crippen molar-refractivity contribution in [1.29, 1.82) is 0 Å². The van der Waals surface area contributed by atoms with Crippen LogP contribution in [0.1, 0.15) is 42.5 Å². The van der Waals surface area contributed by atoms with Crippen molar-refractivity contribution in [3.63, 3.8) is 0 Å². The molecule has 3 rings (SSSR count). The zero-order valence-electron chi connectivity index (χ0n) is 16.1. The van der Waals surface area contributed by atoms with Crippen molar-refractivity contribution in [3.05, 3.63) is 57.9 Å². The molecule has 0 saturated carbocycles. The topological polar surface area (TPSA) is 116 Å². The van der Waals surface area contributed by atoms with Crippen molar-refractivity contribution in [1.82, 2.24) is 9.97 Å². The number of nitrogens with zero attached hydrogens (tertiary/aromatic N) is 3. The Morgan fingerprint density at radius 3 is 2.69 bits per heavy atom. The number of allylic oxidation sites excluding steroid dienone is 1. The zero-order chi connectivity index (χ0) is 20.6. The number of nitro groups is 1. The van der Waals surface area contributed by atoms with Gasteiger partial charge in [0.2, 0.25) is 5.82 Å². The average Bonchev–Trinajstić information content (AvgIpc) is 2.74. The summed E-state index contributed by atoms with van der Waals surface area (Å²) in [6.07, 6.45) is 8.84. The first-order valence-corrected chi connectivity index (χ1v) is 9.36. The van der Waals surface area contributed by atoms with Crippen LogP contribution in [-0.4, -0.2) is 34.5 Å². The number of hydrogen-bond donors (Lipinski definition) is 1. The maximum Gasteiger partial charge on any atom is 0.373 e. The number of carbonyl (C=O) groups excluding carboxylic acids is 1. The van der Waals surface area contributed by atoms with Gasteiger partial charge in [0.05, 0.1) is 17.6 Å². The predicted octanol–water partition coefficient (Wildman–Crippen LogP) is 4.27. The van der Waals surface area contributed by atoms with Gasteiger partial charge in [0.25, 0.3) is 0 Å². The molecule has 1 aliphatic rings. The lowest BCUT2D eigenvalue weighted by Crippen LogP contribution is -2.09. The quantitative estimate of drug-likeness (QED) is 0.303. The van der Waals surface area contributed by atoms with E-state index in [0.717, 1.165) is 19.3 Å². The minimum absolute atomic E-state index is 0.114. The van der Waals surface area contributed by atoms with Crippen molar-refractivity contribution < 1.29 is 19.2 Å². The highest BCUT2D eigenvalue weighted by atomic mass is 16.6. The summed E-state index contributed by atoms with van der Waals surface area (Å²) in [6, 6.07) is 6.04. The van der Waals surface area contributed by atoms with Gasteiger partial charge in [-0.2, -0.15) is 4.98 Å². The third kappa shape index (κ3) is 5.28. The molecule has 0 spiro atoms. The second-order valence-electron chi connectivity index (χ2n) is 6.54.